The molecule has 17 heavy (non-hydrogen) atoms. The van der Waals surface area contributed by atoms with E-state index in [1.165, 1.54) is 13.3 Å². The Kier molecular flexibility index (Phi) is 3.49. The molecule has 0 N–H and O–H groups in total. The molecule has 2 heterocycles. The molecule has 0 aliphatic carbocycles. The van der Waals surface area contributed by atoms with Crippen molar-refractivity contribution in [2.75, 3.05) is 7.11 Å². The molecule has 0 unspecified atom stereocenters. The van der Waals surface area contributed by atoms with E-state index in [9.17, 15) is 4.79 Å². The van der Waals surface area contributed by atoms with E-state index in [1.54, 1.807) is 12.3 Å². The van der Waals surface area contributed by atoms with Crippen molar-refractivity contribution in [3.8, 4) is 11.3 Å². The third-order valence-electron chi connectivity index (χ3n) is 2.17. The second kappa shape index (κ2) is 5.05. The van der Waals surface area contributed by atoms with Crippen LogP contribution in [0.1, 0.15) is 10.4 Å². The van der Waals surface area contributed by atoms with Gasteiger partial charge in [-0.3, -0.25) is 4.98 Å². The predicted octanol–water partition coefficient (Wildman–Crippen LogP) is 2.69. The Bertz CT molecular complexity index is 558. The Morgan fingerprint density at radius 1 is 1.35 bits per heavy atom. The monoisotopic (exact) mass is 292 g/mol. The third-order valence-corrected chi connectivity index (χ3v) is 2.61. The van der Waals surface area contributed by atoms with Crippen LogP contribution in [0.3, 0.4) is 0 Å². The topological polar surface area (TPSA) is 52.1 Å². The molecule has 0 aliphatic heterocycles. The van der Waals surface area contributed by atoms with Crippen LogP contribution in [0.25, 0.3) is 11.3 Å². The first-order chi connectivity index (χ1) is 8.20. The molecule has 0 amide bonds. The Hall–Kier alpha value is -1.75. The Balaban J connectivity index is 2.43. The first-order valence-corrected chi connectivity index (χ1v) is 5.66. The lowest BCUT2D eigenvalue weighted by molar-refractivity contribution is 0.0600. The lowest BCUT2D eigenvalue weighted by Crippen LogP contribution is -2.02. The van der Waals surface area contributed by atoms with E-state index in [2.05, 4.69) is 30.6 Å². The highest BCUT2D eigenvalue weighted by Crippen LogP contribution is 2.19. The molecule has 0 saturated carbocycles. The normalized spacial score (nSPS) is 10.0. The molecule has 4 nitrogen and oxygen atoms in total. The maximum absolute atomic E-state index is 11.4. The highest BCUT2D eigenvalue weighted by Gasteiger charge is 2.08. The number of hydrogen-bond donors (Lipinski definition) is 0. The van der Waals surface area contributed by atoms with Crippen LogP contribution in [0.2, 0.25) is 0 Å². The van der Waals surface area contributed by atoms with Gasteiger partial charge in [0.2, 0.25) is 0 Å². The van der Waals surface area contributed by atoms with Gasteiger partial charge in [-0.15, -0.1) is 0 Å². The Morgan fingerprint density at radius 3 is 2.88 bits per heavy atom. The summed E-state index contributed by atoms with van der Waals surface area (Å²) in [7, 11) is 1.34. The number of rotatable bonds is 2. The second-order valence-electron chi connectivity index (χ2n) is 3.30. The number of carbonyl (C=O) groups excluding carboxylic acids is 1. The zero-order valence-corrected chi connectivity index (χ0v) is 10.6. The fourth-order valence-electron chi connectivity index (χ4n) is 1.38. The molecule has 0 saturated heterocycles. The highest BCUT2D eigenvalue weighted by molar-refractivity contribution is 9.10. The van der Waals surface area contributed by atoms with Crippen LogP contribution in [-0.2, 0) is 4.74 Å². The molecule has 2 aromatic rings. The smallest absolute Gasteiger partial charge is 0.339 e. The minimum atomic E-state index is -0.408. The zero-order chi connectivity index (χ0) is 12.3. The molecule has 0 radical (unpaired) electrons. The van der Waals surface area contributed by atoms with Crippen LogP contribution in [-0.4, -0.2) is 23.0 Å². The fourth-order valence-corrected chi connectivity index (χ4v) is 1.72. The maximum Gasteiger partial charge on any atom is 0.339 e. The van der Waals surface area contributed by atoms with Gasteiger partial charge in [0.25, 0.3) is 0 Å². The molecule has 0 aliphatic rings. The summed E-state index contributed by atoms with van der Waals surface area (Å²) < 4.78 is 5.38. The van der Waals surface area contributed by atoms with E-state index in [4.69, 9.17) is 0 Å². The summed E-state index contributed by atoms with van der Waals surface area (Å²) in [5.74, 6) is -0.408. The van der Waals surface area contributed by atoms with Crippen molar-refractivity contribution in [1.82, 2.24) is 9.97 Å². The maximum atomic E-state index is 11.4. The van der Waals surface area contributed by atoms with Crippen LogP contribution in [0.5, 0.6) is 0 Å². The molecule has 0 spiro atoms. The standard InChI is InChI=1S/C12H9BrN2O2/c1-17-12(16)9-5-8(6-14-7-9)10-3-2-4-11(13)15-10/h2-7H,1H3. The molecule has 2 aromatic heterocycles. The molecule has 0 atom stereocenters. The molecule has 2 rings (SSSR count). The average Bonchev–Trinajstić information content (AvgIpc) is 2.38. The lowest BCUT2D eigenvalue weighted by atomic mass is 10.1. The van der Waals surface area contributed by atoms with Crippen molar-refractivity contribution >= 4 is 21.9 Å². The fraction of sp³-hybridized carbons (Fsp3) is 0.0833. The quantitative estimate of drug-likeness (QED) is 0.631. The van der Waals surface area contributed by atoms with Gasteiger partial charge in [-0.2, -0.15) is 0 Å². The number of aromatic nitrogens is 2. The summed E-state index contributed by atoms with van der Waals surface area (Å²) >= 11 is 3.30. The summed E-state index contributed by atoms with van der Waals surface area (Å²) in [5.41, 5.74) is 1.93. The number of ether oxygens (including phenoxy) is 1. The van der Waals surface area contributed by atoms with Crippen LogP contribution in [0.15, 0.2) is 41.3 Å². The number of halogens is 1. The van der Waals surface area contributed by atoms with Crippen molar-refractivity contribution in [2.24, 2.45) is 0 Å². The van der Waals surface area contributed by atoms with Gasteiger partial charge in [0.15, 0.2) is 0 Å². The second-order valence-corrected chi connectivity index (χ2v) is 4.11. The molecule has 0 bridgehead atoms. The van der Waals surface area contributed by atoms with Crippen LogP contribution >= 0.6 is 15.9 Å². The van der Waals surface area contributed by atoms with Gasteiger partial charge in [-0.1, -0.05) is 6.07 Å². The molecule has 86 valence electrons. The third kappa shape index (κ3) is 2.68. The van der Waals surface area contributed by atoms with E-state index >= 15 is 0 Å². The van der Waals surface area contributed by atoms with Gasteiger partial charge in [-0.25, -0.2) is 9.78 Å². The summed E-state index contributed by atoms with van der Waals surface area (Å²) in [6.07, 6.45) is 3.12. The van der Waals surface area contributed by atoms with E-state index in [0.29, 0.717) is 5.56 Å². The zero-order valence-electron chi connectivity index (χ0n) is 9.05. The molecule has 5 heteroatoms. The van der Waals surface area contributed by atoms with Crippen molar-refractivity contribution < 1.29 is 9.53 Å². The van der Waals surface area contributed by atoms with Gasteiger partial charge in [-0.05, 0) is 34.1 Å². The van der Waals surface area contributed by atoms with Gasteiger partial charge < -0.3 is 4.74 Å². The summed E-state index contributed by atoms with van der Waals surface area (Å²) in [6.45, 7) is 0. The highest BCUT2D eigenvalue weighted by atomic mass is 79.9. The van der Waals surface area contributed by atoms with E-state index in [0.717, 1.165) is 15.9 Å². The summed E-state index contributed by atoms with van der Waals surface area (Å²) in [5, 5.41) is 0. The number of hydrogen-bond acceptors (Lipinski definition) is 4. The number of methoxy groups -OCH3 is 1. The summed E-state index contributed by atoms with van der Waals surface area (Å²) in [4.78, 5) is 19.7. The van der Waals surface area contributed by atoms with Crippen molar-refractivity contribution in [3.05, 3.63) is 46.8 Å². The minimum Gasteiger partial charge on any atom is -0.465 e. The van der Waals surface area contributed by atoms with Crippen LogP contribution < -0.4 is 0 Å². The van der Waals surface area contributed by atoms with Crippen LogP contribution in [0, 0.1) is 0 Å². The first-order valence-electron chi connectivity index (χ1n) is 4.87. The van der Waals surface area contributed by atoms with Gasteiger partial charge in [0.1, 0.15) is 4.60 Å². The molecular weight excluding hydrogens is 284 g/mol. The predicted molar refractivity (Wildman–Crippen MR) is 66.5 cm³/mol. The molecule has 0 aromatic carbocycles. The molecular formula is C12H9BrN2O2. The summed E-state index contributed by atoms with van der Waals surface area (Å²) in [6, 6.07) is 7.26. The van der Waals surface area contributed by atoms with Gasteiger partial charge in [0.05, 0.1) is 18.4 Å². The van der Waals surface area contributed by atoms with E-state index < -0.39 is 5.97 Å². The SMILES string of the molecule is COC(=O)c1cncc(-c2cccc(Br)n2)c1. The van der Waals surface area contributed by atoms with E-state index in [1.807, 2.05) is 18.2 Å². The Morgan fingerprint density at radius 2 is 2.18 bits per heavy atom. The Labute approximate surface area is 107 Å². The van der Waals surface area contributed by atoms with E-state index in [-0.39, 0.29) is 0 Å². The van der Waals surface area contributed by atoms with Gasteiger partial charge in [0, 0.05) is 18.0 Å². The number of pyridine rings is 2. The van der Waals surface area contributed by atoms with Crippen molar-refractivity contribution in [2.45, 2.75) is 0 Å². The van der Waals surface area contributed by atoms with Gasteiger partial charge >= 0.3 is 5.97 Å². The number of nitrogens with zero attached hydrogens (tertiary/aromatic N) is 2. The largest absolute Gasteiger partial charge is 0.465 e. The number of esters is 1. The average molecular weight is 293 g/mol. The van der Waals surface area contributed by atoms with Crippen LogP contribution in [0.4, 0.5) is 0 Å². The lowest BCUT2D eigenvalue weighted by Gasteiger charge is -2.03. The van der Waals surface area contributed by atoms with Crippen molar-refractivity contribution in [1.29, 1.82) is 0 Å². The molecule has 0 fully saturated rings. The minimum absolute atomic E-state index is 0.408. The van der Waals surface area contributed by atoms with Crippen molar-refractivity contribution in [3.63, 3.8) is 0 Å². The number of carbonyl (C=O) groups is 1. The first kappa shape index (κ1) is 11.7.